The highest BCUT2D eigenvalue weighted by Gasteiger charge is 2.31. The maximum Gasteiger partial charge on any atom is 0.0351 e. The van der Waals surface area contributed by atoms with Crippen LogP contribution in [-0.2, 0) is 6.54 Å². The van der Waals surface area contributed by atoms with E-state index in [0.29, 0.717) is 6.04 Å². The van der Waals surface area contributed by atoms with Crippen LogP contribution in [0.25, 0.3) is 0 Å². The van der Waals surface area contributed by atoms with Gasteiger partial charge in [0.05, 0.1) is 0 Å². The highest BCUT2D eigenvalue weighted by atomic mass is 79.9. The van der Waals surface area contributed by atoms with Gasteiger partial charge in [-0.3, -0.25) is 0 Å². The summed E-state index contributed by atoms with van der Waals surface area (Å²) in [5, 5.41) is 5.86. The molecular weight excluding hydrogens is 306 g/mol. The monoisotopic (exact) mass is 321 g/mol. The van der Waals surface area contributed by atoms with E-state index in [1.807, 2.05) is 11.3 Å². The lowest BCUT2D eigenvalue weighted by Gasteiger charge is -2.18. The van der Waals surface area contributed by atoms with Gasteiger partial charge in [0, 0.05) is 21.9 Å². The van der Waals surface area contributed by atoms with Gasteiger partial charge < -0.3 is 5.32 Å². The number of hydrogen-bond acceptors (Lipinski definition) is 2. The van der Waals surface area contributed by atoms with E-state index >= 15 is 0 Å². The van der Waals surface area contributed by atoms with Crippen molar-refractivity contribution in [1.82, 2.24) is 5.32 Å². The van der Waals surface area contributed by atoms with Crippen LogP contribution in [0.3, 0.4) is 0 Å². The first-order chi connectivity index (χ1) is 8.84. The van der Waals surface area contributed by atoms with Gasteiger partial charge in [-0.15, -0.1) is 11.3 Å². The average Bonchev–Trinajstić information content (AvgIpc) is 3.15. The maximum absolute atomic E-state index is 3.72. The summed E-state index contributed by atoms with van der Waals surface area (Å²) in [5.74, 6) is 0.825. The summed E-state index contributed by atoms with van der Waals surface area (Å²) < 4.78 is 1.22. The SMILES string of the molecule is Brc1ccsc1CNC(c1ccccc1)C1CC1. The molecular formula is C15H16BrNS. The highest BCUT2D eigenvalue weighted by molar-refractivity contribution is 9.10. The van der Waals surface area contributed by atoms with Gasteiger partial charge in [-0.2, -0.15) is 0 Å². The van der Waals surface area contributed by atoms with E-state index in [9.17, 15) is 0 Å². The number of nitrogens with one attached hydrogen (secondary N) is 1. The summed E-state index contributed by atoms with van der Waals surface area (Å²) >= 11 is 5.41. The second-order valence-corrected chi connectivity index (χ2v) is 6.65. The summed E-state index contributed by atoms with van der Waals surface area (Å²) in [6.45, 7) is 0.953. The molecule has 1 aromatic heterocycles. The van der Waals surface area contributed by atoms with Crippen LogP contribution in [0.5, 0.6) is 0 Å². The molecule has 1 N–H and O–H groups in total. The minimum atomic E-state index is 0.514. The Bertz CT molecular complexity index is 504. The Balaban J connectivity index is 1.70. The highest BCUT2D eigenvalue weighted by Crippen LogP contribution is 2.41. The van der Waals surface area contributed by atoms with E-state index in [2.05, 4.69) is 63.0 Å². The molecule has 1 saturated carbocycles. The Hall–Kier alpha value is -0.640. The van der Waals surface area contributed by atoms with Crippen molar-refractivity contribution in [3.63, 3.8) is 0 Å². The molecule has 1 heterocycles. The number of hydrogen-bond donors (Lipinski definition) is 1. The molecule has 1 unspecified atom stereocenters. The molecule has 94 valence electrons. The Morgan fingerprint density at radius 1 is 1.22 bits per heavy atom. The van der Waals surface area contributed by atoms with E-state index < -0.39 is 0 Å². The van der Waals surface area contributed by atoms with Crippen LogP contribution in [0.1, 0.15) is 29.3 Å². The zero-order valence-corrected chi connectivity index (χ0v) is 12.5. The standard InChI is InChI=1S/C15H16BrNS/c16-13-8-9-18-14(13)10-17-15(12-6-7-12)11-4-2-1-3-5-11/h1-5,8-9,12,15,17H,6-7,10H2. The molecule has 18 heavy (non-hydrogen) atoms. The lowest BCUT2D eigenvalue weighted by molar-refractivity contribution is 0.482. The molecule has 3 heteroatoms. The van der Waals surface area contributed by atoms with Gasteiger partial charge in [0.1, 0.15) is 0 Å². The molecule has 0 bridgehead atoms. The fourth-order valence-corrected chi connectivity index (χ4v) is 3.74. The number of rotatable bonds is 5. The fraction of sp³-hybridized carbons (Fsp3) is 0.333. The molecule has 1 fully saturated rings. The number of benzene rings is 1. The first-order valence-electron chi connectivity index (χ1n) is 6.35. The first-order valence-corrected chi connectivity index (χ1v) is 8.02. The third-order valence-electron chi connectivity index (χ3n) is 3.43. The molecule has 1 aliphatic rings. The minimum absolute atomic E-state index is 0.514. The lowest BCUT2D eigenvalue weighted by atomic mass is 10.0. The molecule has 2 aromatic rings. The fourth-order valence-electron chi connectivity index (χ4n) is 2.30. The Kier molecular flexibility index (Phi) is 3.83. The summed E-state index contributed by atoms with van der Waals surface area (Å²) in [7, 11) is 0. The van der Waals surface area contributed by atoms with E-state index in [-0.39, 0.29) is 0 Å². The maximum atomic E-state index is 3.72. The molecule has 1 aromatic carbocycles. The van der Waals surface area contributed by atoms with Crippen molar-refractivity contribution >= 4 is 27.3 Å². The summed E-state index contributed by atoms with van der Waals surface area (Å²) in [4.78, 5) is 1.39. The third kappa shape index (κ3) is 2.85. The second kappa shape index (κ2) is 5.55. The predicted octanol–water partition coefficient (Wildman–Crippen LogP) is 4.75. The van der Waals surface area contributed by atoms with Gasteiger partial charge >= 0.3 is 0 Å². The van der Waals surface area contributed by atoms with E-state index in [1.54, 1.807) is 0 Å². The Labute approximate surface area is 120 Å². The Morgan fingerprint density at radius 3 is 2.61 bits per heavy atom. The van der Waals surface area contributed by atoms with Gasteiger partial charge in [0.15, 0.2) is 0 Å². The van der Waals surface area contributed by atoms with Crippen LogP contribution >= 0.6 is 27.3 Å². The number of thiophene rings is 1. The first kappa shape index (κ1) is 12.4. The lowest BCUT2D eigenvalue weighted by Crippen LogP contribution is -2.22. The molecule has 1 aliphatic carbocycles. The van der Waals surface area contributed by atoms with E-state index in [0.717, 1.165) is 12.5 Å². The smallest absolute Gasteiger partial charge is 0.0351 e. The molecule has 0 saturated heterocycles. The van der Waals surface area contributed by atoms with Crippen molar-refractivity contribution in [2.45, 2.75) is 25.4 Å². The van der Waals surface area contributed by atoms with Gasteiger partial charge in [-0.25, -0.2) is 0 Å². The van der Waals surface area contributed by atoms with Crippen molar-refractivity contribution in [2.24, 2.45) is 5.92 Å². The summed E-state index contributed by atoms with van der Waals surface area (Å²) in [6, 6.07) is 13.5. The van der Waals surface area contributed by atoms with Crippen molar-refractivity contribution in [3.05, 3.63) is 56.7 Å². The summed E-state index contributed by atoms with van der Waals surface area (Å²) in [5.41, 5.74) is 1.42. The Morgan fingerprint density at radius 2 is 2.00 bits per heavy atom. The molecule has 3 rings (SSSR count). The van der Waals surface area contributed by atoms with Crippen LogP contribution in [-0.4, -0.2) is 0 Å². The van der Waals surface area contributed by atoms with Crippen LogP contribution < -0.4 is 5.32 Å². The van der Waals surface area contributed by atoms with Crippen molar-refractivity contribution in [1.29, 1.82) is 0 Å². The normalized spacial score (nSPS) is 16.7. The molecule has 0 aliphatic heterocycles. The average molecular weight is 322 g/mol. The predicted molar refractivity (Wildman–Crippen MR) is 80.8 cm³/mol. The van der Waals surface area contributed by atoms with Crippen molar-refractivity contribution in [2.75, 3.05) is 0 Å². The molecule has 0 amide bonds. The quantitative estimate of drug-likeness (QED) is 0.837. The van der Waals surface area contributed by atoms with Gasteiger partial charge in [0.2, 0.25) is 0 Å². The van der Waals surface area contributed by atoms with Crippen LogP contribution in [0, 0.1) is 5.92 Å². The van der Waals surface area contributed by atoms with Crippen LogP contribution in [0.15, 0.2) is 46.3 Å². The zero-order chi connectivity index (χ0) is 12.4. The second-order valence-electron chi connectivity index (χ2n) is 4.80. The van der Waals surface area contributed by atoms with Gasteiger partial charge in [0.25, 0.3) is 0 Å². The third-order valence-corrected chi connectivity index (χ3v) is 5.35. The van der Waals surface area contributed by atoms with Crippen LogP contribution in [0.4, 0.5) is 0 Å². The van der Waals surface area contributed by atoms with E-state index in [1.165, 1.54) is 27.8 Å². The topological polar surface area (TPSA) is 12.0 Å². The number of halogens is 1. The van der Waals surface area contributed by atoms with Gasteiger partial charge in [-0.1, -0.05) is 30.3 Å². The summed E-state index contributed by atoms with van der Waals surface area (Å²) in [6.07, 6.45) is 2.72. The van der Waals surface area contributed by atoms with E-state index in [4.69, 9.17) is 0 Å². The largest absolute Gasteiger partial charge is 0.305 e. The molecule has 1 atom stereocenters. The molecule has 1 nitrogen and oxygen atoms in total. The zero-order valence-electron chi connectivity index (χ0n) is 10.1. The molecule has 0 radical (unpaired) electrons. The minimum Gasteiger partial charge on any atom is -0.305 e. The van der Waals surface area contributed by atoms with Crippen LogP contribution in [0.2, 0.25) is 0 Å². The van der Waals surface area contributed by atoms with Crippen molar-refractivity contribution in [3.8, 4) is 0 Å². The molecule has 0 spiro atoms. The van der Waals surface area contributed by atoms with Gasteiger partial charge in [-0.05, 0) is 51.7 Å². The van der Waals surface area contributed by atoms with Crippen molar-refractivity contribution < 1.29 is 0 Å².